The molecule has 0 saturated carbocycles. The van der Waals surface area contributed by atoms with Gasteiger partial charge in [0.2, 0.25) is 5.95 Å². The fourth-order valence-electron chi connectivity index (χ4n) is 3.37. The maximum absolute atomic E-state index is 10.9. The molecule has 148 valence electrons. The lowest BCUT2D eigenvalue weighted by Gasteiger charge is -2.28. The van der Waals surface area contributed by atoms with E-state index in [1.165, 1.54) is 24.9 Å². The van der Waals surface area contributed by atoms with Crippen molar-refractivity contribution in [2.45, 2.75) is 19.3 Å². The second kappa shape index (κ2) is 8.60. The summed E-state index contributed by atoms with van der Waals surface area (Å²) < 4.78 is 0. The number of carboxylic acid groups (broad SMARTS) is 1. The highest BCUT2D eigenvalue weighted by Gasteiger charge is 2.10. The molecule has 7 nitrogen and oxygen atoms in total. The summed E-state index contributed by atoms with van der Waals surface area (Å²) >= 11 is 0. The molecule has 3 aromatic rings. The van der Waals surface area contributed by atoms with Gasteiger partial charge in [-0.3, -0.25) is 0 Å². The highest BCUT2D eigenvalue weighted by Crippen LogP contribution is 2.23. The molecule has 0 atom stereocenters. The molecule has 1 aliphatic heterocycles. The number of hydrogen-bond acceptors (Lipinski definition) is 6. The van der Waals surface area contributed by atoms with Gasteiger partial charge in [-0.05, 0) is 73.9 Å². The minimum absolute atomic E-state index is 0.244. The van der Waals surface area contributed by atoms with Crippen LogP contribution in [0.3, 0.4) is 0 Å². The van der Waals surface area contributed by atoms with Gasteiger partial charge in [-0.25, -0.2) is 9.78 Å². The van der Waals surface area contributed by atoms with Crippen LogP contribution in [0.2, 0.25) is 0 Å². The summed E-state index contributed by atoms with van der Waals surface area (Å²) in [6.07, 6.45) is 5.51. The third-order valence-electron chi connectivity index (χ3n) is 4.90. The first-order chi connectivity index (χ1) is 14.2. The number of rotatable bonds is 6. The van der Waals surface area contributed by atoms with Gasteiger partial charge in [0.1, 0.15) is 5.82 Å². The smallest absolute Gasteiger partial charge is 0.335 e. The topological polar surface area (TPSA) is 90.4 Å². The molecule has 1 aromatic heterocycles. The van der Waals surface area contributed by atoms with Gasteiger partial charge in [0, 0.05) is 36.3 Å². The van der Waals surface area contributed by atoms with Crippen molar-refractivity contribution in [3.63, 3.8) is 0 Å². The number of anilines is 5. The third kappa shape index (κ3) is 4.82. The molecule has 0 aliphatic carbocycles. The predicted octanol–water partition coefficient (Wildman–Crippen LogP) is 4.65. The lowest BCUT2D eigenvalue weighted by Crippen LogP contribution is -2.29. The summed E-state index contributed by atoms with van der Waals surface area (Å²) in [4.78, 5) is 22.1. The van der Waals surface area contributed by atoms with Crippen molar-refractivity contribution in [1.82, 2.24) is 9.97 Å². The van der Waals surface area contributed by atoms with Gasteiger partial charge in [0.25, 0.3) is 0 Å². The second-order valence-electron chi connectivity index (χ2n) is 6.99. The van der Waals surface area contributed by atoms with Crippen LogP contribution in [0.4, 0.5) is 28.8 Å². The average molecular weight is 389 g/mol. The second-order valence-corrected chi connectivity index (χ2v) is 6.99. The number of piperidine rings is 1. The largest absolute Gasteiger partial charge is 0.478 e. The number of carbonyl (C=O) groups is 1. The molecule has 0 radical (unpaired) electrons. The lowest BCUT2D eigenvalue weighted by molar-refractivity contribution is 0.0697. The molecule has 29 heavy (non-hydrogen) atoms. The van der Waals surface area contributed by atoms with E-state index in [4.69, 9.17) is 5.11 Å². The molecule has 0 spiro atoms. The molecule has 7 heteroatoms. The van der Waals surface area contributed by atoms with Gasteiger partial charge in [0.15, 0.2) is 0 Å². The summed E-state index contributed by atoms with van der Waals surface area (Å²) in [5, 5.41) is 15.4. The van der Waals surface area contributed by atoms with E-state index in [1.807, 2.05) is 12.1 Å². The van der Waals surface area contributed by atoms with Gasteiger partial charge in [-0.1, -0.05) is 0 Å². The number of aromatic carboxylic acids is 1. The first-order valence-corrected chi connectivity index (χ1v) is 9.73. The molecule has 2 heterocycles. The van der Waals surface area contributed by atoms with Crippen LogP contribution in [0.25, 0.3) is 0 Å². The van der Waals surface area contributed by atoms with Crippen molar-refractivity contribution >= 4 is 34.8 Å². The van der Waals surface area contributed by atoms with Crippen molar-refractivity contribution in [3.05, 3.63) is 66.4 Å². The number of nitrogens with zero attached hydrogens (tertiary/aromatic N) is 3. The minimum Gasteiger partial charge on any atom is -0.478 e. The number of nitrogens with one attached hydrogen (secondary N) is 2. The highest BCUT2D eigenvalue weighted by atomic mass is 16.4. The SMILES string of the molecule is O=C(O)c1ccc(Nc2ccnc(Nc3ccc(N4CCCCC4)cc3)n2)cc1. The number of carboxylic acids is 1. The fourth-order valence-corrected chi connectivity index (χ4v) is 3.37. The van der Waals surface area contributed by atoms with Crippen molar-refractivity contribution in [3.8, 4) is 0 Å². The van der Waals surface area contributed by atoms with E-state index in [0.29, 0.717) is 11.8 Å². The van der Waals surface area contributed by atoms with E-state index in [2.05, 4.69) is 37.6 Å². The Bertz CT molecular complexity index is 967. The molecule has 0 unspecified atom stereocenters. The fraction of sp³-hybridized carbons (Fsp3) is 0.227. The van der Waals surface area contributed by atoms with Crippen LogP contribution in [-0.4, -0.2) is 34.1 Å². The van der Waals surface area contributed by atoms with Crippen LogP contribution in [-0.2, 0) is 0 Å². The monoisotopic (exact) mass is 389 g/mol. The van der Waals surface area contributed by atoms with E-state index >= 15 is 0 Å². The third-order valence-corrected chi connectivity index (χ3v) is 4.90. The van der Waals surface area contributed by atoms with Gasteiger partial charge in [-0.2, -0.15) is 4.98 Å². The first-order valence-electron chi connectivity index (χ1n) is 9.73. The molecule has 1 fully saturated rings. The van der Waals surface area contributed by atoms with E-state index in [-0.39, 0.29) is 5.56 Å². The van der Waals surface area contributed by atoms with Crippen LogP contribution in [0.5, 0.6) is 0 Å². The molecular formula is C22H23N5O2. The summed E-state index contributed by atoms with van der Waals surface area (Å²) in [7, 11) is 0. The molecular weight excluding hydrogens is 366 g/mol. The van der Waals surface area contributed by atoms with Crippen LogP contribution in [0, 0.1) is 0 Å². The Kier molecular flexibility index (Phi) is 5.56. The standard InChI is InChI=1S/C22H23N5O2/c28-21(29)16-4-6-17(7-5-16)24-20-12-13-23-22(26-20)25-18-8-10-19(11-9-18)27-14-2-1-3-15-27/h4-13H,1-3,14-15H2,(H,28,29)(H2,23,24,25,26). The van der Waals surface area contributed by atoms with Gasteiger partial charge in [-0.15, -0.1) is 0 Å². The zero-order valence-corrected chi connectivity index (χ0v) is 16.0. The average Bonchev–Trinajstić information content (AvgIpc) is 2.76. The van der Waals surface area contributed by atoms with Crippen molar-refractivity contribution in [2.75, 3.05) is 28.6 Å². The van der Waals surface area contributed by atoms with Crippen LogP contribution < -0.4 is 15.5 Å². The van der Waals surface area contributed by atoms with Gasteiger partial charge in [0.05, 0.1) is 5.56 Å². The predicted molar refractivity (Wildman–Crippen MR) is 115 cm³/mol. The minimum atomic E-state index is -0.948. The van der Waals surface area contributed by atoms with Crippen LogP contribution in [0.1, 0.15) is 29.6 Å². The Morgan fingerprint density at radius 3 is 2.21 bits per heavy atom. The Morgan fingerprint density at radius 1 is 0.862 bits per heavy atom. The molecule has 2 aromatic carbocycles. The molecule has 4 rings (SSSR count). The first kappa shape index (κ1) is 18.7. The maximum Gasteiger partial charge on any atom is 0.335 e. The van der Waals surface area contributed by atoms with Gasteiger partial charge < -0.3 is 20.6 Å². The Morgan fingerprint density at radius 2 is 1.52 bits per heavy atom. The zero-order chi connectivity index (χ0) is 20.1. The number of aromatic nitrogens is 2. The highest BCUT2D eigenvalue weighted by molar-refractivity contribution is 5.88. The number of hydrogen-bond donors (Lipinski definition) is 3. The quantitative estimate of drug-likeness (QED) is 0.565. The summed E-state index contributed by atoms with van der Waals surface area (Å²) in [6.45, 7) is 2.24. The summed E-state index contributed by atoms with van der Waals surface area (Å²) in [5.74, 6) is 0.162. The van der Waals surface area contributed by atoms with Crippen molar-refractivity contribution in [2.24, 2.45) is 0 Å². The van der Waals surface area contributed by atoms with E-state index in [9.17, 15) is 4.79 Å². The summed E-state index contributed by atoms with van der Waals surface area (Å²) in [6, 6.07) is 16.6. The van der Waals surface area contributed by atoms with Crippen molar-refractivity contribution in [1.29, 1.82) is 0 Å². The van der Waals surface area contributed by atoms with Crippen molar-refractivity contribution < 1.29 is 9.90 Å². The number of benzene rings is 2. The zero-order valence-electron chi connectivity index (χ0n) is 16.0. The van der Waals surface area contributed by atoms with Crippen LogP contribution >= 0.6 is 0 Å². The van der Waals surface area contributed by atoms with E-state index < -0.39 is 5.97 Å². The Labute approximate surface area is 169 Å². The normalized spacial score (nSPS) is 13.7. The molecule has 1 aliphatic rings. The summed E-state index contributed by atoms with van der Waals surface area (Å²) in [5.41, 5.74) is 3.17. The molecule has 3 N–H and O–H groups in total. The molecule has 1 saturated heterocycles. The maximum atomic E-state index is 10.9. The Balaban J connectivity index is 1.41. The molecule has 0 bridgehead atoms. The van der Waals surface area contributed by atoms with E-state index in [0.717, 1.165) is 24.5 Å². The lowest BCUT2D eigenvalue weighted by atomic mass is 10.1. The van der Waals surface area contributed by atoms with Gasteiger partial charge >= 0.3 is 5.97 Å². The molecule has 0 amide bonds. The van der Waals surface area contributed by atoms with Crippen LogP contribution in [0.15, 0.2) is 60.8 Å². The Hall–Kier alpha value is -3.61. The van der Waals surface area contributed by atoms with E-state index in [1.54, 1.807) is 36.5 Å².